The summed E-state index contributed by atoms with van der Waals surface area (Å²) in [5.41, 5.74) is 2.30. The second-order valence-electron chi connectivity index (χ2n) is 2.88. The molecule has 0 fully saturated rings. The van der Waals surface area contributed by atoms with Crippen molar-refractivity contribution in [1.29, 1.82) is 0 Å². The minimum absolute atomic E-state index is 0.932. The molecule has 0 aliphatic rings. The summed E-state index contributed by atoms with van der Waals surface area (Å²) in [4.78, 5) is 4.37. The van der Waals surface area contributed by atoms with Crippen LogP contribution in [0.25, 0.3) is 0 Å². The van der Waals surface area contributed by atoms with Crippen molar-refractivity contribution >= 4 is 5.71 Å². The van der Waals surface area contributed by atoms with Crippen LogP contribution in [0.1, 0.15) is 34.1 Å². The molecule has 0 aromatic rings. The number of allylic oxidation sites excluding steroid dienone is 2. The number of nitrogens with one attached hydrogen (secondary N) is 1. The Morgan fingerprint density at radius 1 is 1.33 bits per heavy atom. The summed E-state index contributed by atoms with van der Waals surface area (Å²) in [7, 11) is 0. The lowest BCUT2D eigenvalue weighted by Crippen LogP contribution is -2.10. The number of nitrogens with zero attached hydrogens (tertiary/aromatic N) is 1. The van der Waals surface area contributed by atoms with Crippen molar-refractivity contribution in [2.45, 2.75) is 34.1 Å². The van der Waals surface area contributed by atoms with Gasteiger partial charge in [-0.2, -0.15) is 0 Å². The van der Waals surface area contributed by atoms with Gasteiger partial charge in [0.1, 0.15) is 0 Å². The summed E-state index contributed by atoms with van der Waals surface area (Å²) in [5, 5.41) is 3.23. The zero-order valence-corrected chi connectivity index (χ0v) is 8.65. The Bertz CT molecular complexity index is 169. The molecule has 0 heterocycles. The van der Waals surface area contributed by atoms with Crippen LogP contribution in [0.5, 0.6) is 0 Å². The van der Waals surface area contributed by atoms with Crippen molar-refractivity contribution < 1.29 is 0 Å². The summed E-state index contributed by atoms with van der Waals surface area (Å²) in [5.74, 6) is 0. The SMILES string of the molecule is CCCN=C(C)C=C(C)NCC. The highest BCUT2D eigenvalue weighted by Gasteiger charge is 1.87. The molecule has 0 aliphatic heterocycles. The summed E-state index contributed by atoms with van der Waals surface area (Å²) in [6.07, 6.45) is 3.20. The van der Waals surface area contributed by atoms with E-state index < -0.39 is 0 Å². The van der Waals surface area contributed by atoms with Crippen molar-refractivity contribution in [1.82, 2.24) is 5.32 Å². The predicted molar refractivity (Wildman–Crippen MR) is 55.7 cm³/mol. The van der Waals surface area contributed by atoms with E-state index in [1.54, 1.807) is 0 Å². The lowest BCUT2D eigenvalue weighted by atomic mass is 10.3. The van der Waals surface area contributed by atoms with Crippen molar-refractivity contribution in [2.75, 3.05) is 13.1 Å². The van der Waals surface area contributed by atoms with Crippen LogP contribution in [-0.4, -0.2) is 18.8 Å². The van der Waals surface area contributed by atoms with Gasteiger partial charge in [0.05, 0.1) is 0 Å². The molecule has 0 aromatic heterocycles. The van der Waals surface area contributed by atoms with Crippen molar-refractivity contribution in [3.63, 3.8) is 0 Å². The van der Waals surface area contributed by atoms with E-state index in [4.69, 9.17) is 0 Å². The Labute approximate surface area is 75.8 Å². The second kappa shape index (κ2) is 6.89. The van der Waals surface area contributed by atoms with Gasteiger partial charge in [-0.3, -0.25) is 4.99 Å². The monoisotopic (exact) mass is 168 g/mol. The predicted octanol–water partition coefficient (Wildman–Crippen LogP) is 2.37. The first-order valence-electron chi connectivity index (χ1n) is 4.63. The Kier molecular flexibility index (Phi) is 6.44. The quantitative estimate of drug-likeness (QED) is 0.626. The third kappa shape index (κ3) is 5.96. The van der Waals surface area contributed by atoms with Gasteiger partial charge >= 0.3 is 0 Å². The van der Waals surface area contributed by atoms with Crippen molar-refractivity contribution in [2.24, 2.45) is 4.99 Å². The van der Waals surface area contributed by atoms with Crippen molar-refractivity contribution in [3.05, 3.63) is 11.8 Å². The molecule has 0 rings (SSSR count). The number of aliphatic imine (C=N–C) groups is 1. The standard InChI is InChI=1S/C10H20N2/c1-5-7-12-10(4)8-9(3)11-6-2/h8,11H,5-7H2,1-4H3. The van der Waals surface area contributed by atoms with E-state index in [0.717, 1.165) is 25.2 Å². The Balaban J connectivity index is 3.93. The van der Waals surface area contributed by atoms with Crippen LogP contribution in [0, 0.1) is 0 Å². The van der Waals surface area contributed by atoms with Gasteiger partial charge in [0.15, 0.2) is 0 Å². The van der Waals surface area contributed by atoms with Gasteiger partial charge < -0.3 is 5.32 Å². The van der Waals surface area contributed by atoms with E-state index in [9.17, 15) is 0 Å². The average molecular weight is 168 g/mol. The topological polar surface area (TPSA) is 24.4 Å². The lowest BCUT2D eigenvalue weighted by Gasteiger charge is -2.01. The molecule has 2 nitrogen and oxygen atoms in total. The van der Waals surface area contributed by atoms with E-state index in [-0.39, 0.29) is 0 Å². The van der Waals surface area contributed by atoms with Gasteiger partial charge in [0, 0.05) is 24.5 Å². The lowest BCUT2D eigenvalue weighted by molar-refractivity contribution is 0.855. The van der Waals surface area contributed by atoms with E-state index in [0.29, 0.717) is 0 Å². The maximum atomic E-state index is 4.37. The number of hydrogen-bond donors (Lipinski definition) is 1. The molecule has 0 spiro atoms. The number of hydrogen-bond acceptors (Lipinski definition) is 2. The molecule has 1 N–H and O–H groups in total. The van der Waals surface area contributed by atoms with E-state index in [2.05, 4.69) is 37.2 Å². The van der Waals surface area contributed by atoms with Crippen LogP contribution in [0.3, 0.4) is 0 Å². The largest absolute Gasteiger partial charge is 0.389 e. The third-order valence-corrected chi connectivity index (χ3v) is 1.47. The summed E-state index contributed by atoms with van der Waals surface area (Å²) >= 11 is 0. The molecule has 0 saturated heterocycles. The van der Waals surface area contributed by atoms with Gasteiger partial charge in [0.2, 0.25) is 0 Å². The highest BCUT2D eigenvalue weighted by Crippen LogP contribution is 1.90. The maximum Gasteiger partial charge on any atom is 0.0389 e. The molecular weight excluding hydrogens is 148 g/mol. The van der Waals surface area contributed by atoms with Crippen LogP contribution in [0.2, 0.25) is 0 Å². The van der Waals surface area contributed by atoms with Gasteiger partial charge in [-0.05, 0) is 33.3 Å². The molecule has 0 radical (unpaired) electrons. The van der Waals surface area contributed by atoms with Crippen LogP contribution in [-0.2, 0) is 0 Å². The Morgan fingerprint density at radius 2 is 2.00 bits per heavy atom. The summed E-state index contributed by atoms with van der Waals surface area (Å²) < 4.78 is 0. The summed E-state index contributed by atoms with van der Waals surface area (Å²) in [6.45, 7) is 10.2. The van der Waals surface area contributed by atoms with Gasteiger partial charge in [0.25, 0.3) is 0 Å². The van der Waals surface area contributed by atoms with Crippen LogP contribution >= 0.6 is 0 Å². The molecule has 0 aromatic carbocycles. The molecule has 70 valence electrons. The molecule has 0 amide bonds. The van der Waals surface area contributed by atoms with Crippen LogP contribution in [0.15, 0.2) is 16.8 Å². The average Bonchev–Trinajstić information content (AvgIpc) is 2.01. The van der Waals surface area contributed by atoms with E-state index in [1.165, 1.54) is 5.70 Å². The smallest absolute Gasteiger partial charge is 0.0389 e. The Hall–Kier alpha value is -0.790. The molecule has 2 heteroatoms. The zero-order valence-electron chi connectivity index (χ0n) is 8.65. The van der Waals surface area contributed by atoms with Gasteiger partial charge in [-0.25, -0.2) is 0 Å². The zero-order chi connectivity index (χ0) is 9.40. The fourth-order valence-electron chi connectivity index (χ4n) is 0.977. The minimum Gasteiger partial charge on any atom is -0.389 e. The molecule has 0 aliphatic carbocycles. The molecule has 0 atom stereocenters. The molecular formula is C10H20N2. The second-order valence-corrected chi connectivity index (χ2v) is 2.88. The fraction of sp³-hybridized carbons (Fsp3) is 0.700. The fourth-order valence-corrected chi connectivity index (χ4v) is 0.977. The number of rotatable bonds is 5. The molecule has 12 heavy (non-hydrogen) atoms. The van der Waals surface area contributed by atoms with Crippen molar-refractivity contribution in [3.8, 4) is 0 Å². The molecule has 0 bridgehead atoms. The van der Waals surface area contributed by atoms with Crippen LogP contribution in [0.4, 0.5) is 0 Å². The van der Waals surface area contributed by atoms with E-state index >= 15 is 0 Å². The Morgan fingerprint density at radius 3 is 2.50 bits per heavy atom. The highest BCUT2D eigenvalue weighted by atomic mass is 14.9. The van der Waals surface area contributed by atoms with Gasteiger partial charge in [-0.1, -0.05) is 6.92 Å². The molecule has 0 saturated carbocycles. The minimum atomic E-state index is 0.932. The highest BCUT2D eigenvalue weighted by molar-refractivity contribution is 5.93. The third-order valence-electron chi connectivity index (χ3n) is 1.47. The maximum absolute atomic E-state index is 4.37. The first-order chi connectivity index (χ1) is 5.70. The first kappa shape index (κ1) is 11.2. The van der Waals surface area contributed by atoms with Gasteiger partial charge in [-0.15, -0.1) is 0 Å². The first-order valence-corrected chi connectivity index (χ1v) is 4.63. The normalized spacial score (nSPS) is 13.3. The van der Waals surface area contributed by atoms with Crippen LogP contribution < -0.4 is 5.32 Å². The summed E-state index contributed by atoms with van der Waals surface area (Å²) in [6, 6.07) is 0. The molecule has 0 unspecified atom stereocenters. The van der Waals surface area contributed by atoms with E-state index in [1.807, 2.05) is 6.92 Å².